The van der Waals surface area contributed by atoms with Crippen molar-refractivity contribution in [3.8, 4) is 5.75 Å². The molecule has 2 aromatic rings. The van der Waals surface area contributed by atoms with E-state index in [1.807, 2.05) is 0 Å². The second kappa shape index (κ2) is 11.6. The second-order valence-electron chi connectivity index (χ2n) is 12.3. The number of hydrogen-bond acceptors (Lipinski definition) is 2. The van der Waals surface area contributed by atoms with Crippen molar-refractivity contribution in [3.05, 3.63) is 58.7 Å². The summed E-state index contributed by atoms with van der Waals surface area (Å²) in [5.74, 6) is 0.524. The lowest BCUT2D eigenvalue weighted by Crippen LogP contribution is -2.27. The maximum atomic E-state index is 11.8. The predicted molar refractivity (Wildman–Crippen MR) is 153 cm³/mol. The number of phenolic OH excluding ortho intramolecular Hbond substituents is 1. The Bertz CT molecular complexity index is 935. The van der Waals surface area contributed by atoms with Crippen LogP contribution in [-0.2, 0) is 22.5 Å². The monoisotopic (exact) mass is 483 g/mol. The number of nitrogens with zero attached hydrogens (tertiary/aromatic N) is 1. The van der Waals surface area contributed by atoms with Gasteiger partial charge in [-0.15, -0.1) is 0 Å². The van der Waals surface area contributed by atoms with Gasteiger partial charge < -0.3 is 10.0 Å². The first kappa shape index (κ1) is 28.9. The zero-order valence-electron chi connectivity index (χ0n) is 23.6. The fourth-order valence-electron chi connectivity index (χ4n) is 4.78. The zero-order valence-corrected chi connectivity index (χ0v) is 24.6. The number of aromatic hydroxyl groups is 1. The Balaban J connectivity index is 2.79. The summed E-state index contributed by atoms with van der Waals surface area (Å²) in [5.41, 5.74) is 4.88. The summed E-state index contributed by atoms with van der Waals surface area (Å²) < 4.78 is 0. The smallest absolute Gasteiger partial charge is 0.123 e. The van der Waals surface area contributed by atoms with E-state index in [1.54, 1.807) is 0 Å². The van der Waals surface area contributed by atoms with Gasteiger partial charge in [-0.1, -0.05) is 120 Å². The zero-order chi connectivity index (χ0) is 25.7. The van der Waals surface area contributed by atoms with Crippen LogP contribution in [0.25, 0.3) is 0 Å². The molecule has 0 aliphatic rings. The van der Waals surface area contributed by atoms with Crippen molar-refractivity contribution >= 4 is 13.9 Å². The minimum atomic E-state index is -0.116. The van der Waals surface area contributed by atoms with Crippen LogP contribution in [-0.4, -0.2) is 24.1 Å². The molecular weight excluding hydrogens is 433 g/mol. The van der Waals surface area contributed by atoms with Gasteiger partial charge in [-0.25, -0.2) is 0 Å². The third kappa shape index (κ3) is 7.08. The Morgan fingerprint density at radius 1 is 0.853 bits per heavy atom. The first-order valence-electron chi connectivity index (χ1n) is 13.1. The molecular formula is C31H50NOP. The van der Waals surface area contributed by atoms with Crippen molar-refractivity contribution < 1.29 is 5.11 Å². The summed E-state index contributed by atoms with van der Waals surface area (Å²) in [4.78, 5) is 2.25. The molecule has 2 nitrogen and oxygen atoms in total. The van der Waals surface area contributed by atoms with Gasteiger partial charge in [0.25, 0.3) is 0 Å². The van der Waals surface area contributed by atoms with Gasteiger partial charge in [0.2, 0.25) is 0 Å². The summed E-state index contributed by atoms with van der Waals surface area (Å²) in [5, 5.41) is 13.2. The van der Waals surface area contributed by atoms with E-state index in [-0.39, 0.29) is 16.0 Å². The van der Waals surface area contributed by atoms with Gasteiger partial charge in [0, 0.05) is 17.3 Å². The molecule has 0 radical (unpaired) electrons. The normalized spacial score (nSPS) is 14.8. The highest BCUT2D eigenvalue weighted by Gasteiger charge is 2.37. The van der Waals surface area contributed by atoms with E-state index in [0.717, 1.165) is 24.9 Å². The van der Waals surface area contributed by atoms with Gasteiger partial charge in [-0.05, 0) is 59.8 Å². The van der Waals surface area contributed by atoms with Crippen molar-refractivity contribution in [1.29, 1.82) is 0 Å². The van der Waals surface area contributed by atoms with E-state index in [4.69, 9.17) is 0 Å². The molecule has 0 aliphatic carbocycles. The molecule has 0 bridgehead atoms. The highest BCUT2D eigenvalue weighted by atomic mass is 31.1. The highest BCUT2D eigenvalue weighted by Crippen LogP contribution is 2.54. The molecule has 0 saturated heterocycles. The molecule has 0 aliphatic heterocycles. The Labute approximate surface area is 212 Å². The molecule has 0 fully saturated rings. The maximum absolute atomic E-state index is 11.8. The molecule has 0 heterocycles. The fourth-order valence-corrected chi connectivity index (χ4v) is 6.60. The molecule has 0 amide bonds. The van der Waals surface area contributed by atoms with E-state index in [0.29, 0.717) is 14.3 Å². The molecule has 2 unspecified atom stereocenters. The van der Waals surface area contributed by atoms with Crippen LogP contribution >= 0.6 is 8.58 Å². The summed E-state index contributed by atoms with van der Waals surface area (Å²) in [7, 11) is 4.90. The summed E-state index contributed by atoms with van der Waals surface area (Å²) in [6.07, 6.45) is 5.77. The number of hydrogen-bond donors (Lipinski definition) is 1. The number of rotatable bonds is 10. The number of phenols is 1. The predicted octanol–water partition coefficient (Wildman–Crippen LogP) is 8.24. The molecule has 2 rings (SSSR count). The van der Waals surface area contributed by atoms with E-state index in [2.05, 4.69) is 111 Å². The first-order chi connectivity index (χ1) is 15.7. The van der Waals surface area contributed by atoms with Gasteiger partial charge in [-0.3, -0.25) is 0 Å². The fraction of sp³-hybridized carbons (Fsp3) is 0.613. The topological polar surface area (TPSA) is 23.5 Å². The lowest BCUT2D eigenvalue weighted by molar-refractivity contribution is 0.403. The summed E-state index contributed by atoms with van der Waals surface area (Å²) in [6, 6.07) is 13.5. The maximum Gasteiger partial charge on any atom is 0.123 e. The second-order valence-corrected chi connectivity index (χ2v) is 14.1. The molecule has 0 saturated carbocycles. The van der Waals surface area contributed by atoms with Crippen LogP contribution in [0.15, 0.2) is 36.4 Å². The van der Waals surface area contributed by atoms with Gasteiger partial charge >= 0.3 is 0 Å². The van der Waals surface area contributed by atoms with E-state index >= 15 is 0 Å². The van der Waals surface area contributed by atoms with Gasteiger partial charge in [-0.2, -0.15) is 0 Å². The summed E-state index contributed by atoms with van der Waals surface area (Å²) >= 11 is 0. The highest BCUT2D eigenvalue weighted by molar-refractivity contribution is 7.48. The van der Waals surface area contributed by atoms with Gasteiger partial charge in [0.15, 0.2) is 0 Å². The molecule has 190 valence electrons. The molecule has 2 atom stereocenters. The quantitative estimate of drug-likeness (QED) is 0.272. The third-order valence-electron chi connectivity index (χ3n) is 6.99. The standard InChI is InChI=1S/C31H50NOP/c1-11-13-16-19-31(12-2,34-27-18-15-14-17-23(27)22-32(9)10)26-21-24(29(3,4)5)20-25(28(26)33)30(6,7)8/h14-15,17-18,20-21,33-34H,11-13,16,19,22H2,1-10H3. The minimum absolute atomic E-state index is 0.0251. The Morgan fingerprint density at radius 2 is 1.47 bits per heavy atom. The molecule has 0 spiro atoms. The van der Waals surface area contributed by atoms with E-state index in [1.165, 1.54) is 41.3 Å². The van der Waals surface area contributed by atoms with Crippen LogP contribution in [0.5, 0.6) is 5.75 Å². The van der Waals surface area contributed by atoms with E-state index < -0.39 is 0 Å². The van der Waals surface area contributed by atoms with Crippen LogP contribution in [0.4, 0.5) is 0 Å². The first-order valence-corrected chi connectivity index (χ1v) is 14.1. The number of benzene rings is 2. The van der Waals surface area contributed by atoms with Crippen molar-refractivity contribution in [2.24, 2.45) is 0 Å². The molecule has 3 heteroatoms. The van der Waals surface area contributed by atoms with Gasteiger partial charge in [0.05, 0.1) is 0 Å². The molecule has 0 aromatic heterocycles. The van der Waals surface area contributed by atoms with Crippen LogP contribution in [0, 0.1) is 0 Å². The lowest BCUT2D eigenvalue weighted by Gasteiger charge is -2.38. The van der Waals surface area contributed by atoms with Crippen molar-refractivity contribution in [1.82, 2.24) is 4.90 Å². The molecule has 34 heavy (non-hydrogen) atoms. The average Bonchev–Trinajstić information content (AvgIpc) is 2.72. The van der Waals surface area contributed by atoms with Crippen LogP contribution in [0.2, 0.25) is 0 Å². The number of unbranched alkanes of at least 4 members (excludes halogenated alkanes) is 2. The molecule has 1 N–H and O–H groups in total. The van der Waals surface area contributed by atoms with Gasteiger partial charge in [0.1, 0.15) is 5.75 Å². The third-order valence-corrected chi connectivity index (χ3v) is 9.10. The van der Waals surface area contributed by atoms with Crippen molar-refractivity contribution in [2.75, 3.05) is 14.1 Å². The lowest BCUT2D eigenvalue weighted by atomic mass is 9.76. The van der Waals surface area contributed by atoms with Crippen LogP contribution in [0.1, 0.15) is 110 Å². The van der Waals surface area contributed by atoms with E-state index in [9.17, 15) is 5.11 Å². The Kier molecular flexibility index (Phi) is 9.83. The van der Waals surface area contributed by atoms with Crippen LogP contribution in [0.3, 0.4) is 0 Å². The Morgan fingerprint density at radius 3 is 2.00 bits per heavy atom. The molecule has 2 aromatic carbocycles. The van der Waals surface area contributed by atoms with Crippen molar-refractivity contribution in [2.45, 2.75) is 110 Å². The van der Waals surface area contributed by atoms with Crippen molar-refractivity contribution in [3.63, 3.8) is 0 Å². The average molecular weight is 484 g/mol. The van der Waals surface area contributed by atoms with Crippen LogP contribution < -0.4 is 5.30 Å². The SMILES string of the molecule is CCCCCC(CC)(Pc1ccccc1CN(C)C)c1cc(C(C)(C)C)cc(C(C)(C)C)c1O. The Hall–Kier alpha value is -1.37. The summed E-state index contributed by atoms with van der Waals surface area (Å²) in [6.45, 7) is 19.1. The minimum Gasteiger partial charge on any atom is -0.507 e. The largest absolute Gasteiger partial charge is 0.507 e.